The molecule has 1 aliphatic carbocycles. The molecule has 0 N–H and O–H groups in total. The molecule has 0 amide bonds. The first kappa shape index (κ1) is 15.0. The van der Waals surface area contributed by atoms with Crippen LogP contribution in [0.25, 0.3) is 0 Å². The standard InChI is InChI=1S/C16H14Cl2O2S/c17-15-8-12(16(18)21-15)13(19)9-20-14-7-3-5-10-4-1-2-6-11(10)14/h1-2,4,6,8,14H,3,5,7,9H2. The molecule has 0 bridgehead atoms. The molecular weight excluding hydrogens is 327 g/mol. The topological polar surface area (TPSA) is 26.3 Å². The van der Waals surface area contributed by atoms with Gasteiger partial charge in [0.2, 0.25) is 0 Å². The molecule has 0 aliphatic heterocycles. The Morgan fingerprint density at radius 3 is 2.90 bits per heavy atom. The van der Waals surface area contributed by atoms with Crippen molar-refractivity contribution in [2.24, 2.45) is 0 Å². The molecule has 110 valence electrons. The molecule has 0 fully saturated rings. The third-order valence-corrected chi connectivity index (χ3v) is 5.17. The zero-order valence-electron chi connectivity index (χ0n) is 11.3. The van der Waals surface area contributed by atoms with Gasteiger partial charge in [0, 0.05) is 0 Å². The number of benzene rings is 1. The maximum absolute atomic E-state index is 12.2. The zero-order chi connectivity index (χ0) is 14.8. The molecule has 0 radical (unpaired) electrons. The smallest absolute Gasteiger partial charge is 0.190 e. The minimum atomic E-state index is -0.119. The van der Waals surface area contributed by atoms with Gasteiger partial charge in [-0.05, 0) is 36.5 Å². The largest absolute Gasteiger partial charge is 0.365 e. The number of carbonyl (C=O) groups excluding carboxylic acids is 1. The highest BCUT2D eigenvalue weighted by molar-refractivity contribution is 7.20. The first-order valence-corrected chi connectivity index (χ1v) is 8.40. The predicted molar refractivity (Wildman–Crippen MR) is 86.7 cm³/mol. The number of ketones is 1. The Bertz CT molecular complexity index is 666. The number of thiophene rings is 1. The van der Waals surface area contributed by atoms with Crippen LogP contribution >= 0.6 is 34.5 Å². The number of hydrogen-bond donors (Lipinski definition) is 0. The number of halogens is 2. The Hall–Kier alpha value is -0.870. The highest BCUT2D eigenvalue weighted by atomic mass is 35.5. The van der Waals surface area contributed by atoms with E-state index in [1.54, 1.807) is 6.07 Å². The van der Waals surface area contributed by atoms with Crippen molar-refractivity contribution >= 4 is 40.3 Å². The van der Waals surface area contributed by atoms with Gasteiger partial charge in [0.15, 0.2) is 5.78 Å². The Labute approximate surface area is 137 Å². The van der Waals surface area contributed by atoms with Gasteiger partial charge in [-0.2, -0.15) is 0 Å². The van der Waals surface area contributed by atoms with Gasteiger partial charge in [-0.25, -0.2) is 0 Å². The Balaban J connectivity index is 1.69. The third kappa shape index (κ3) is 3.32. The summed E-state index contributed by atoms with van der Waals surface area (Å²) >= 11 is 13.1. The number of ether oxygens (including phenoxy) is 1. The van der Waals surface area contributed by atoms with Gasteiger partial charge in [0.05, 0.1) is 16.0 Å². The fraction of sp³-hybridized carbons (Fsp3) is 0.312. The van der Waals surface area contributed by atoms with E-state index < -0.39 is 0 Å². The Morgan fingerprint density at radius 1 is 1.33 bits per heavy atom. The van der Waals surface area contributed by atoms with E-state index in [1.807, 2.05) is 12.1 Å². The van der Waals surface area contributed by atoms with Crippen molar-refractivity contribution in [2.75, 3.05) is 6.61 Å². The van der Waals surface area contributed by atoms with Gasteiger partial charge in [-0.1, -0.05) is 47.5 Å². The molecule has 1 atom stereocenters. The lowest BCUT2D eigenvalue weighted by atomic mass is 9.89. The maximum Gasteiger partial charge on any atom is 0.190 e. The molecule has 0 saturated heterocycles. The number of hydrogen-bond acceptors (Lipinski definition) is 3. The molecule has 1 aromatic heterocycles. The van der Waals surface area contributed by atoms with Crippen molar-refractivity contribution in [2.45, 2.75) is 25.4 Å². The van der Waals surface area contributed by atoms with Crippen molar-refractivity contribution in [3.63, 3.8) is 0 Å². The second kappa shape index (κ2) is 6.49. The fourth-order valence-corrected chi connectivity index (χ4v) is 4.17. The average Bonchev–Trinajstić information content (AvgIpc) is 2.83. The van der Waals surface area contributed by atoms with Gasteiger partial charge in [0.25, 0.3) is 0 Å². The van der Waals surface area contributed by atoms with Gasteiger partial charge in [-0.3, -0.25) is 4.79 Å². The van der Waals surface area contributed by atoms with Gasteiger partial charge in [0.1, 0.15) is 10.9 Å². The van der Waals surface area contributed by atoms with Crippen LogP contribution in [0.3, 0.4) is 0 Å². The van der Waals surface area contributed by atoms with E-state index >= 15 is 0 Å². The monoisotopic (exact) mass is 340 g/mol. The van der Waals surface area contributed by atoms with E-state index in [4.69, 9.17) is 27.9 Å². The summed E-state index contributed by atoms with van der Waals surface area (Å²) in [6.07, 6.45) is 3.10. The van der Waals surface area contributed by atoms with E-state index in [9.17, 15) is 4.79 Å². The van der Waals surface area contributed by atoms with Crippen LogP contribution in [0, 0.1) is 0 Å². The first-order valence-electron chi connectivity index (χ1n) is 6.82. The van der Waals surface area contributed by atoms with Crippen molar-refractivity contribution in [1.29, 1.82) is 0 Å². The highest BCUT2D eigenvalue weighted by Gasteiger charge is 2.22. The molecule has 1 heterocycles. The van der Waals surface area contributed by atoms with Crippen LogP contribution in [0.1, 0.15) is 40.4 Å². The van der Waals surface area contributed by atoms with Crippen molar-refractivity contribution in [1.82, 2.24) is 0 Å². The van der Waals surface area contributed by atoms with Crippen LogP contribution in [0.5, 0.6) is 0 Å². The van der Waals surface area contributed by atoms with Crippen molar-refractivity contribution < 1.29 is 9.53 Å². The van der Waals surface area contributed by atoms with Gasteiger partial charge < -0.3 is 4.74 Å². The average molecular weight is 341 g/mol. The third-order valence-electron chi connectivity index (χ3n) is 3.69. The van der Waals surface area contributed by atoms with Gasteiger partial charge in [-0.15, -0.1) is 11.3 Å². The Morgan fingerprint density at radius 2 is 2.14 bits per heavy atom. The molecule has 1 aromatic carbocycles. The molecule has 0 saturated carbocycles. The van der Waals surface area contributed by atoms with E-state index in [1.165, 1.54) is 22.5 Å². The second-order valence-corrected chi connectivity index (χ2v) is 7.34. The number of aryl methyl sites for hydroxylation is 1. The second-order valence-electron chi connectivity index (χ2n) is 5.05. The predicted octanol–water partition coefficient (Wildman–Crippen LogP) is 5.33. The minimum absolute atomic E-state index is 0.00761. The number of carbonyl (C=O) groups is 1. The quantitative estimate of drug-likeness (QED) is 0.703. The summed E-state index contributed by atoms with van der Waals surface area (Å²) < 4.78 is 6.79. The summed E-state index contributed by atoms with van der Waals surface area (Å²) in [7, 11) is 0. The van der Waals surface area contributed by atoms with E-state index in [-0.39, 0.29) is 18.5 Å². The molecular formula is C16H14Cl2O2S. The minimum Gasteiger partial charge on any atom is -0.365 e. The molecule has 1 unspecified atom stereocenters. The highest BCUT2D eigenvalue weighted by Crippen LogP contribution is 2.34. The van der Waals surface area contributed by atoms with Crippen molar-refractivity contribution in [3.8, 4) is 0 Å². The summed E-state index contributed by atoms with van der Waals surface area (Å²) in [5.41, 5.74) is 2.97. The fourth-order valence-electron chi connectivity index (χ4n) is 2.67. The van der Waals surface area contributed by atoms with E-state index in [2.05, 4.69) is 12.1 Å². The van der Waals surface area contributed by atoms with Crippen LogP contribution < -0.4 is 0 Å². The van der Waals surface area contributed by atoms with E-state index in [0.717, 1.165) is 19.3 Å². The first-order chi connectivity index (χ1) is 10.1. The summed E-state index contributed by atoms with van der Waals surface area (Å²) in [5, 5.41) is 0. The van der Waals surface area contributed by atoms with Crippen LogP contribution in [0.4, 0.5) is 0 Å². The SMILES string of the molecule is O=C(COC1CCCc2ccccc21)c1cc(Cl)sc1Cl. The molecule has 0 spiro atoms. The number of Topliss-reactive ketones (excluding diaryl/α,β-unsaturated/α-hetero) is 1. The van der Waals surface area contributed by atoms with Gasteiger partial charge >= 0.3 is 0 Å². The zero-order valence-corrected chi connectivity index (χ0v) is 13.6. The maximum atomic E-state index is 12.2. The van der Waals surface area contributed by atoms with E-state index in [0.29, 0.717) is 14.2 Å². The lowest BCUT2D eigenvalue weighted by molar-refractivity contribution is 0.0372. The summed E-state index contributed by atoms with van der Waals surface area (Å²) in [4.78, 5) is 12.2. The summed E-state index contributed by atoms with van der Waals surface area (Å²) in [5.74, 6) is -0.119. The molecule has 5 heteroatoms. The Kier molecular flexibility index (Phi) is 4.65. The number of rotatable bonds is 4. The normalized spacial score (nSPS) is 17.5. The lowest BCUT2D eigenvalue weighted by Gasteiger charge is -2.25. The van der Waals surface area contributed by atoms with Crippen LogP contribution in [0.2, 0.25) is 8.67 Å². The molecule has 3 rings (SSSR count). The summed E-state index contributed by atoms with van der Waals surface area (Å²) in [6.45, 7) is 0.0335. The molecule has 1 aliphatic rings. The van der Waals surface area contributed by atoms with Crippen LogP contribution in [-0.4, -0.2) is 12.4 Å². The number of fused-ring (bicyclic) bond motifs is 1. The van der Waals surface area contributed by atoms with Crippen LogP contribution in [-0.2, 0) is 11.2 Å². The summed E-state index contributed by atoms with van der Waals surface area (Å²) in [6, 6.07) is 9.87. The molecule has 2 aromatic rings. The molecule has 2 nitrogen and oxygen atoms in total. The molecule has 21 heavy (non-hydrogen) atoms. The van der Waals surface area contributed by atoms with Crippen LogP contribution in [0.15, 0.2) is 30.3 Å². The lowest BCUT2D eigenvalue weighted by Crippen LogP contribution is -2.17. The van der Waals surface area contributed by atoms with Crippen molar-refractivity contribution in [3.05, 3.63) is 55.7 Å².